The predicted octanol–water partition coefficient (Wildman–Crippen LogP) is 2.61. The Hall–Kier alpha value is -2.30. The number of hydrogen-bond donors (Lipinski definition) is 0. The van der Waals surface area contributed by atoms with Gasteiger partial charge in [-0.25, -0.2) is 8.42 Å². The summed E-state index contributed by atoms with van der Waals surface area (Å²) in [7, 11) is -3.47. The first-order chi connectivity index (χ1) is 16.0. The summed E-state index contributed by atoms with van der Waals surface area (Å²) >= 11 is 0. The number of rotatable bonds is 5. The van der Waals surface area contributed by atoms with Crippen molar-refractivity contribution in [2.45, 2.75) is 55.9 Å². The number of benzene rings is 1. The number of sulfonamides is 1. The first-order valence-corrected chi connectivity index (χ1v) is 13.4. The number of carbonyl (C=O) groups is 1. The molecule has 3 aliphatic rings. The van der Waals surface area contributed by atoms with Crippen LogP contribution in [0.2, 0.25) is 0 Å². The molecule has 1 aliphatic carbocycles. The van der Waals surface area contributed by atoms with Gasteiger partial charge in [-0.15, -0.1) is 10.2 Å². The highest BCUT2D eigenvalue weighted by Crippen LogP contribution is 2.26. The Kier molecular flexibility index (Phi) is 6.49. The van der Waals surface area contributed by atoms with Gasteiger partial charge in [-0.05, 0) is 49.9 Å². The molecule has 2 aromatic rings. The summed E-state index contributed by atoms with van der Waals surface area (Å²) in [6, 6.07) is 7.06. The van der Waals surface area contributed by atoms with Crippen molar-refractivity contribution in [1.29, 1.82) is 0 Å². The summed E-state index contributed by atoms with van der Waals surface area (Å²) in [5.74, 6) is -0.0560. The molecule has 0 N–H and O–H groups in total. The van der Waals surface area contributed by atoms with E-state index in [0.29, 0.717) is 37.8 Å². The third-order valence-corrected chi connectivity index (χ3v) is 9.02. The lowest BCUT2D eigenvalue weighted by atomic mass is 9.94. The van der Waals surface area contributed by atoms with Gasteiger partial charge in [0.05, 0.1) is 4.90 Å². The zero-order valence-electron chi connectivity index (χ0n) is 18.9. The molecular formula is C23H31N5O4S. The highest BCUT2D eigenvalue weighted by atomic mass is 32.2. The average molecular weight is 474 g/mol. The van der Waals surface area contributed by atoms with Crippen molar-refractivity contribution in [3.63, 3.8) is 0 Å². The molecule has 1 aromatic heterocycles. The number of nitrogens with zero attached hydrogens (tertiary/aromatic N) is 5. The summed E-state index contributed by atoms with van der Waals surface area (Å²) in [6.07, 6.45) is 8.26. The zero-order chi connectivity index (χ0) is 22.8. The second-order valence-corrected chi connectivity index (χ2v) is 11.1. The summed E-state index contributed by atoms with van der Waals surface area (Å²) < 4.78 is 32.6. The molecule has 0 bridgehead atoms. The maximum Gasteiger partial charge on any atom is 0.311 e. The molecule has 0 unspecified atom stereocenters. The molecule has 2 aliphatic heterocycles. The number of amides is 1. The van der Waals surface area contributed by atoms with Crippen LogP contribution in [0.3, 0.4) is 0 Å². The maximum atomic E-state index is 12.9. The van der Waals surface area contributed by atoms with Gasteiger partial charge in [0.15, 0.2) is 0 Å². The van der Waals surface area contributed by atoms with Crippen molar-refractivity contribution in [3.05, 3.63) is 30.2 Å². The van der Waals surface area contributed by atoms with Gasteiger partial charge in [0.25, 0.3) is 0 Å². The van der Waals surface area contributed by atoms with E-state index in [-0.39, 0.29) is 22.6 Å². The summed E-state index contributed by atoms with van der Waals surface area (Å²) in [5.41, 5.74) is 0.587. The van der Waals surface area contributed by atoms with E-state index in [2.05, 4.69) is 15.1 Å². The third-order valence-electron chi connectivity index (χ3n) is 7.10. The molecule has 1 saturated carbocycles. The average Bonchev–Trinajstić information content (AvgIpc) is 3.58. The van der Waals surface area contributed by atoms with E-state index >= 15 is 0 Å². The Labute approximate surface area is 194 Å². The number of hydrogen-bond acceptors (Lipinski definition) is 7. The van der Waals surface area contributed by atoms with Gasteiger partial charge < -0.3 is 9.32 Å². The van der Waals surface area contributed by atoms with E-state index in [4.69, 9.17) is 4.42 Å². The molecular weight excluding hydrogens is 442 g/mol. The highest BCUT2D eigenvalue weighted by molar-refractivity contribution is 7.89. The lowest BCUT2D eigenvalue weighted by Gasteiger charge is -2.40. The SMILES string of the molecule is O=C(c1nnc(-c2ccc(S(=O)(=O)N3CCCC3)cc2)o1)N1CCN(C2CCCCC2)CC1. The van der Waals surface area contributed by atoms with E-state index in [1.807, 2.05) is 0 Å². The second-order valence-electron chi connectivity index (χ2n) is 9.17. The lowest BCUT2D eigenvalue weighted by molar-refractivity contribution is 0.0491. The maximum absolute atomic E-state index is 12.9. The van der Waals surface area contributed by atoms with Crippen LogP contribution >= 0.6 is 0 Å². The second kappa shape index (κ2) is 9.52. The molecule has 2 saturated heterocycles. The van der Waals surface area contributed by atoms with Crippen LogP contribution in [0, 0.1) is 0 Å². The third kappa shape index (κ3) is 4.69. The van der Waals surface area contributed by atoms with Gasteiger partial charge in [-0.1, -0.05) is 19.3 Å². The molecule has 33 heavy (non-hydrogen) atoms. The minimum atomic E-state index is -3.47. The van der Waals surface area contributed by atoms with Crippen LogP contribution in [0.5, 0.6) is 0 Å². The van der Waals surface area contributed by atoms with Crippen LogP contribution < -0.4 is 0 Å². The van der Waals surface area contributed by atoms with Gasteiger partial charge in [0.1, 0.15) is 0 Å². The molecule has 0 atom stereocenters. The molecule has 178 valence electrons. The molecule has 3 heterocycles. The standard InChI is InChI=1S/C23H31N5O4S/c29-23(27-16-14-26(15-17-27)19-6-2-1-3-7-19)22-25-24-21(32-22)18-8-10-20(11-9-18)33(30,31)28-12-4-5-13-28/h8-11,19H,1-7,12-17H2. The molecule has 0 spiro atoms. The van der Waals surface area contributed by atoms with Crippen LogP contribution in [0.4, 0.5) is 0 Å². The molecule has 0 radical (unpaired) electrons. The molecule has 3 fully saturated rings. The number of aromatic nitrogens is 2. The molecule has 10 heteroatoms. The fourth-order valence-corrected chi connectivity index (χ4v) is 6.66. The normalized spacial score (nSPS) is 21.5. The Morgan fingerprint density at radius 2 is 1.52 bits per heavy atom. The fraction of sp³-hybridized carbons (Fsp3) is 0.609. The Balaban J connectivity index is 1.21. The zero-order valence-corrected chi connectivity index (χ0v) is 19.7. The Morgan fingerprint density at radius 1 is 0.848 bits per heavy atom. The summed E-state index contributed by atoms with van der Waals surface area (Å²) in [4.78, 5) is 17.4. The minimum absolute atomic E-state index is 0.0233. The van der Waals surface area contributed by atoms with E-state index in [1.54, 1.807) is 29.2 Å². The molecule has 1 aromatic carbocycles. The van der Waals surface area contributed by atoms with E-state index in [9.17, 15) is 13.2 Å². The topological polar surface area (TPSA) is 99.8 Å². The van der Waals surface area contributed by atoms with Crippen LogP contribution in [0.1, 0.15) is 55.6 Å². The van der Waals surface area contributed by atoms with Gasteiger partial charge in [-0.3, -0.25) is 9.69 Å². The van der Waals surface area contributed by atoms with Crippen LogP contribution in [-0.2, 0) is 10.0 Å². The van der Waals surface area contributed by atoms with Crippen molar-refractivity contribution in [2.24, 2.45) is 0 Å². The van der Waals surface area contributed by atoms with Crippen molar-refractivity contribution in [1.82, 2.24) is 24.3 Å². The quantitative estimate of drug-likeness (QED) is 0.658. The smallest absolute Gasteiger partial charge is 0.311 e. The Bertz CT molecular complexity index is 1060. The lowest BCUT2D eigenvalue weighted by Crippen LogP contribution is -2.52. The number of piperazine rings is 1. The Morgan fingerprint density at radius 3 is 2.18 bits per heavy atom. The number of carbonyl (C=O) groups excluding carboxylic acids is 1. The first-order valence-electron chi connectivity index (χ1n) is 12.0. The van der Waals surface area contributed by atoms with E-state index < -0.39 is 10.0 Å². The van der Waals surface area contributed by atoms with Gasteiger partial charge in [-0.2, -0.15) is 4.31 Å². The van der Waals surface area contributed by atoms with Crippen molar-refractivity contribution in [3.8, 4) is 11.5 Å². The molecule has 5 rings (SSSR count). The summed E-state index contributed by atoms with van der Waals surface area (Å²) in [6.45, 7) is 4.21. The summed E-state index contributed by atoms with van der Waals surface area (Å²) in [5, 5.41) is 7.99. The van der Waals surface area contributed by atoms with Crippen molar-refractivity contribution >= 4 is 15.9 Å². The molecule has 9 nitrogen and oxygen atoms in total. The monoisotopic (exact) mass is 473 g/mol. The highest BCUT2D eigenvalue weighted by Gasteiger charge is 2.30. The van der Waals surface area contributed by atoms with Gasteiger partial charge in [0, 0.05) is 50.9 Å². The fourth-order valence-electron chi connectivity index (χ4n) is 5.14. The van der Waals surface area contributed by atoms with Crippen LogP contribution in [0.15, 0.2) is 33.6 Å². The largest absolute Gasteiger partial charge is 0.412 e. The van der Waals surface area contributed by atoms with Crippen molar-refractivity contribution < 1.29 is 17.6 Å². The van der Waals surface area contributed by atoms with Crippen molar-refractivity contribution in [2.75, 3.05) is 39.3 Å². The van der Waals surface area contributed by atoms with Gasteiger partial charge in [0.2, 0.25) is 15.9 Å². The molecule has 1 amide bonds. The van der Waals surface area contributed by atoms with Crippen LogP contribution in [0.25, 0.3) is 11.5 Å². The first kappa shape index (κ1) is 22.5. The van der Waals surface area contributed by atoms with Gasteiger partial charge >= 0.3 is 11.8 Å². The minimum Gasteiger partial charge on any atom is -0.412 e. The van der Waals surface area contributed by atoms with Crippen LogP contribution in [-0.4, -0.2) is 83.9 Å². The van der Waals surface area contributed by atoms with E-state index in [0.717, 1.165) is 25.9 Å². The predicted molar refractivity (Wildman–Crippen MR) is 122 cm³/mol. The van der Waals surface area contributed by atoms with E-state index in [1.165, 1.54) is 36.4 Å².